The number of para-hydroxylation sites is 1. The molecule has 8 heteroatoms. The van der Waals surface area contributed by atoms with Gasteiger partial charge in [-0.2, -0.15) is 5.10 Å². The number of fused-ring (bicyclic) bond motifs is 2. The molecule has 0 spiro atoms. The summed E-state index contributed by atoms with van der Waals surface area (Å²) in [6.45, 7) is 1.99. The van der Waals surface area contributed by atoms with E-state index < -0.39 is 12.5 Å². The minimum absolute atomic E-state index is 0.0256. The van der Waals surface area contributed by atoms with Crippen LogP contribution < -0.4 is 15.0 Å². The Labute approximate surface area is 184 Å². The van der Waals surface area contributed by atoms with Crippen molar-refractivity contribution >= 4 is 17.4 Å². The average Bonchev–Trinajstić information content (AvgIpc) is 3.38. The summed E-state index contributed by atoms with van der Waals surface area (Å²) >= 11 is 0. The third-order valence-corrected chi connectivity index (χ3v) is 6.36. The van der Waals surface area contributed by atoms with E-state index in [1.165, 1.54) is 10.9 Å². The Morgan fingerprint density at radius 3 is 2.66 bits per heavy atom. The number of hydrogen-bond acceptors (Lipinski definition) is 4. The van der Waals surface area contributed by atoms with E-state index in [1.54, 1.807) is 24.1 Å². The van der Waals surface area contributed by atoms with Crippen LogP contribution >= 0.6 is 0 Å². The highest BCUT2D eigenvalue weighted by Crippen LogP contribution is 2.41. The van der Waals surface area contributed by atoms with E-state index >= 15 is 0 Å². The van der Waals surface area contributed by atoms with E-state index in [0.29, 0.717) is 17.1 Å². The number of aromatic nitrogens is 2. The second-order valence-corrected chi connectivity index (χ2v) is 8.32. The Bertz CT molecular complexity index is 1150. The van der Waals surface area contributed by atoms with Gasteiger partial charge in [0.2, 0.25) is 0 Å². The zero-order valence-corrected chi connectivity index (χ0v) is 17.8. The van der Waals surface area contributed by atoms with Gasteiger partial charge >= 0.3 is 0 Å². The summed E-state index contributed by atoms with van der Waals surface area (Å²) in [5.74, 6) is 0.793. The Morgan fingerprint density at radius 2 is 1.94 bits per heavy atom. The molecule has 3 atom stereocenters. The Kier molecular flexibility index (Phi) is 5.07. The van der Waals surface area contributed by atoms with Crippen LogP contribution in [0, 0.1) is 0 Å². The number of anilines is 2. The molecule has 0 saturated heterocycles. The van der Waals surface area contributed by atoms with Gasteiger partial charge in [0, 0.05) is 11.7 Å². The maximum Gasteiger partial charge on any atom is 0.263 e. The number of amides is 1. The topological polar surface area (TPSA) is 59.4 Å². The molecule has 0 saturated carbocycles. The van der Waals surface area contributed by atoms with E-state index in [0.717, 1.165) is 23.2 Å². The number of carbonyl (C=O) groups excluding carboxylic acids is 1. The van der Waals surface area contributed by atoms with Crippen LogP contribution in [0.15, 0.2) is 54.7 Å². The normalized spacial score (nSPS) is 21.8. The van der Waals surface area contributed by atoms with Crippen LogP contribution in [-0.2, 0) is 6.42 Å². The molecule has 0 unspecified atom stereocenters. The van der Waals surface area contributed by atoms with Crippen LogP contribution in [0.2, 0.25) is 0 Å². The molecule has 32 heavy (non-hydrogen) atoms. The van der Waals surface area contributed by atoms with Crippen molar-refractivity contribution in [1.82, 2.24) is 9.78 Å². The van der Waals surface area contributed by atoms with Crippen molar-refractivity contribution < 1.29 is 18.3 Å². The first-order valence-electron chi connectivity index (χ1n) is 10.7. The molecule has 1 N–H and O–H groups in total. The highest BCUT2D eigenvalue weighted by molar-refractivity contribution is 6.10. The maximum absolute atomic E-state index is 14.0. The molecule has 0 bridgehead atoms. The summed E-state index contributed by atoms with van der Waals surface area (Å²) in [4.78, 5) is 15.3. The van der Waals surface area contributed by atoms with Gasteiger partial charge in [0.1, 0.15) is 23.2 Å². The van der Waals surface area contributed by atoms with Crippen LogP contribution in [0.1, 0.15) is 46.9 Å². The SMILES string of the molecule is COc1ccc([C@@H]2C[C@H](C(F)F)n3ncc(C(=O)N4c5ccccc5C[C@@H]4C)c3N2)cc1. The number of nitrogens with one attached hydrogen (secondary N) is 1. The van der Waals surface area contributed by atoms with Gasteiger partial charge in [-0.1, -0.05) is 30.3 Å². The van der Waals surface area contributed by atoms with E-state index in [1.807, 2.05) is 43.3 Å². The first kappa shape index (κ1) is 20.5. The number of hydrogen-bond donors (Lipinski definition) is 1. The maximum atomic E-state index is 14.0. The van der Waals surface area contributed by atoms with E-state index in [9.17, 15) is 13.6 Å². The average molecular weight is 438 g/mol. The number of alkyl halides is 2. The highest BCUT2D eigenvalue weighted by Gasteiger charge is 2.39. The minimum atomic E-state index is -2.61. The fraction of sp³-hybridized carbons (Fsp3) is 0.333. The molecule has 6 nitrogen and oxygen atoms in total. The lowest BCUT2D eigenvalue weighted by atomic mass is 9.97. The zero-order valence-electron chi connectivity index (χ0n) is 17.8. The first-order valence-corrected chi connectivity index (χ1v) is 10.7. The van der Waals surface area contributed by atoms with Crippen molar-refractivity contribution in [2.24, 2.45) is 0 Å². The second kappa shape index (κ2) is 7.93. The monoisotopic (exact) mass is 438 g/mol. The van der Waals surface area contributed by atoms with Gasteiger partial charge in [0.15, 0.2) is 0 Å². The van der Waals surface area contributed by atoms with E-state index in [4.69, 9.17) is 4.74 Å². The van der Waals surface area contributed by atoms with Gasteiger partial charge in [-0.3, -0.25) is 4.79 Å². The predicted molar refractivity (Wildman–Crippen MR) is 118 cm³/mol. The van der Waals surface area contributed by atoms with Crippen molar-refractivity contribution in [3.05, 3.63) is 71.4 Å². The van der Waals surface area contributed by atoms with Crippen LogP contribution in [-0.4, -0.2) is 35.3 Å². The Morgan fingerprint density at radius 1 is 1.19 bits per heavy atom. The second-order valence-electron chi connectivity index (χ2n) is 8.32. The molecule has 0 fully saturated rings. The standard InChI is InChI=1S/C24H24F2N4O2/c1-14-11-16-5-3-4-6-20(16)29(14)24(31)18-13-27-30-21(22(25)26)12-19(28-23(18)30)15-7-9-17(32-2)10-8-15/h3-10,13-14,19,21-22,28H,11-12H2,1-2H3/t14-,19-,21+/m0/s1. The molecule has 3 aromatic rings. The highest BCUT2D eigenvalue weighted by atomic mass is 19.3. The van der Waals surface area contributed by atoms with Crippen LogP contribution in [0.4, 0.5) is 20.3 Å². The summed E-state index contributed by atoms with van der Waals surface area (Å²) in [6, 6.07) is 13.6. The molecule has 1 amide bonds. The first-order chi connectivity index (χ1) is 15.5. The smallest absolute Gasteiger partial charge is 0.263 e. The number of halogens is 2. The lowest BCUT2D eigenvalue weighted by molar-refractivity contribution is 0.0657. The largest absolute Gasteiger partial charge is 0.497 e. The van der Waals surface area contributed by atoms with E-state index in [-0.39, 0.29) is 24.4 Å². The summed E-state index contributed by atoms with van der Waals surface area (Å²) < 4.78 is 34.4. The van der Waals surface area contributed by atoms with Crippen LogP contribution in [0.5, 0.6) is 5.75 Å². The van der Waals surface area contributed by atoms with Gasteiger partial charge in [0.25, 0.3) is 12.3 Å². The molecular weight excluding hydrogens is 414 g/mol. The molecule has 3 heterocycles. The third-order valence-electron chi connectivity index (χ3n) is 6.36. The number of methoxy groups -OCH3 is 1. The molecular formula is C24H24F2N4O2. The minimum Gasteiger partial charge on any atom is -0.497 e. The number of nitrogens with zero attached hydrogens (tertiary/aromatic N) is 3. The lowest BCUT2D eigenvalue weighted by Crippen LogP contribution is -2.37. The summed E-state index contributed by atoms with van der Waals surface area (Å²) in [5, 5.41) is 7.50. The fourth-order valence-electron chi connectivity index (χ4n) is 4.75. The van der Waals surface area contributed by atoms with Crippen LogP contribution in [0.25, 0.3) is 0 Å². The number of ether oxygens (including phenoxy) is 1. The van der Waals surface area contributed by atoms with Crippen LogP contribution in [0.3, 0.4) is 0 Å². The third kappa shape index (κ3) is 3.30. The lowest BCUT2D eigenvalue weighted by Gasteiger charge is -2.33. The summed E-state index contributed by atoms with van der Waals surface area (Å²) in [5.41, 5.74) is 3.11. The quantitative estimate of drug-likeness (QED) is 0.633. The van der Waals surface area contributed by atoms with Gasteiger partial charge in [-0.15, -0.1) is 0 Å². The van der Waals surface area contributed by atoms with Gasteiger partial charge < -0.3 is 15.0 Å². The molecule has 0 radical (unpaired) electrons. The van der Waals surface area contributed by atoms with Crippen molar-refractivity contribution in [2.45, 2.75) is 44.3 Å². The molecule has 0 aliphatic carbocycles. The van der Waals surface area contributed by atoms with Crippen molar-refractivity contribution in [3.8, 4) is 5.75 Å². The van der Waals surface area contributed by atoms with E-state index in [2.05, 4.69) is 10.4 Å². The number of carbonyl (C=O) groups is 1. The van der Waals surface area contributed by atoms with Gasteiger partial charge in [-0.25, -0.2) is 13.5 Å². The number of benzene rings is 2. The Hall–Kier alpha value is -3.42. The fourth-order valence-corrected chi connectivity index (χ4v) is 4.75. The molecule has 166 valence electrons. The molecule has 5 rings (SSSR count). The molecule has 1 aromatic heterocycles. The molecule has 2 aliphatic heterocycles. The summed E-state index contributed by atoms with van der Waals surface area (Å²) in [6.07, 6.45) is -0.280. The van der Waals surface area contributed by atoms with Crippen molar-refractivity contribution in [3.63, 3.8) is 0 Å². The Balaban J connectivity index is 1.52. The van der Waals surface area contributed by atoms with Crippen molar-refractivity contribution in [1.29, 1.82) is 0 Å². The predicted octanol–water partition coefficient (Wildman–Crippen LogP) is 4.85. The number of rotatable bonds is 4. The van der Waals surface area contributed by atoms with Gasteiger partial charge in [-0.05, 0) is 49.1 Å². The molecule has 2 aromatic carbocycles. The molecule has 2 aliphatic rings. The summed E-state index contributed by atoms with van der Waals surface area (Å²) in [7, 11) is 1.58. The van der Waals surface area contributed by atoms with Gasteiger partial charge in [0.05, 0.1) is 19.3 Å². The zero-order chi connectivity index (χ0) is 22.4. The van der Waals surface area contributed by atoms with Crippen molar-refractivity contribution in [2.75, 3.05) is 17.3 Å².